The molecule has 4 nitrogen and oxygen atoms in total. The van der Waals surface area contributed by atoms with Gasteiger partial charge < -0.3 is 9.15 Å². The highest BCUT2D eigenvalue weighted by Gasteiger charge is 2.07. The summed E-state index contributed by atoms with van der Waals surface area (Å²) in [5.74, 6) is -0.393. The number of methoxy groups -OCH3 is 1. The van der Waals surface area contributed by atoms with Crippen molar-refractivity contribution < 1.29 is 13.9 Å². The van der Waals surface area contributed by atoms with Gasteiger partial charge in [-0.15, -0.1) is 0 Å². The van der Waals surface area contributed by atoms with Crippen molar-refractivity contribution in [1.82, 2.24) is 4.98 Å². The van der Waals surface area contributed by atoms with Crippen LogP contribution in [0, 0.1) is 0 Å². The van der Waals surface area contributed by atoms with Crippen LogP contribution in [0.4, 0.5) is 0 Å². The number of rotatable bonds is 1. The van der Waals surface area contributed by atoms with Crippen LogP contribution in [0.1, 0.15) is 10.4 Å². The van der Waals surface area contributed by atoms with Crippen LogP contribution >= 0.6 is 0 Å². The quantitative estimate of drug-likeness (QED) is 0.621. The molecule has 0 atom stereocenters. The molecule has 0 N–H and O–H groups in total. The minimum atomic E-state index is -0.393. The zero-order valence-corrected chi connectivity index (χ0v) is 6.98. The monoisotopic (exact) mass is 177 g/mol. The number of hydrogen-bond acceptors (Lipinski definition) is 4. The van der Waals surface area contributed by atoms with Crippen LogP contribution in [-0.2, 0) is 4.74 Å². The Morgan fingerprint density at radius 2 is 2.38 bits per heavy atom. The normalized spacial score (nSPS) is 10.2. The second-order valence-electron chi connectivity index (χ2n) is 2.56. The van der Waals surface area contributed by atoms with Gasteiger partial charge in [0.25, 0.3) is 0 Å². The second kappa shape index (κ2) is 2.90. The van der Waals surface area contributed by atoms with E-state index >= 15 is 0 Å². The summed E-state index contributed by atoms with van der Waals surface area (Å²) in [6, 6.07) is 1.68. The van der Waals surface area contributed by atoms with E-state index in [1.807, 2.05) is 0 Å². The molecule has 2 rings (SSSR count). The molecule has 0 spiro atoms. The van der Waals surface area contributed by atoms with Crippen molar-refractivity contribution in [2.24, 2.45) is 0 Å². The van der Waals surface area contributed by atoms with Crippen molar-refractivity contribution >= 4 is 16.9 Å². The summed E-state index contributed by atoms with van der Waals surface area (Å²) in [6.45, 7) is 0. The smallest absolute Gasteiger partial charge is 0.339 e. The highest BCUT2D eigenvalue weighted by atomic mass is 16.5. The van der Waals surface area contributed by atoms with Crippen molar-refractivity contribution in [3.63, 3.8) is 0 Å². The van der Waals surface area contributed by atoms with E-state index in [0.29, 0.717) is 5.56 Å². The van der Waals surface area contributed by atoms with Crippen molar-refractivity contribution in [1.29, 1.82) is 0 Å². The van der Waals surface area contributed by atoms with E-state index in [-0.39, 0.29) is 0 Å². The van der Waals surface area contributed by atoms with Crippen LogP contribution in [0.25, 0.3) is 10.9 Å². The number of carbonyl (C=O) groups excluding carboxylic acids is 1. The fourth-order valence-corrected chi connectivity index (χ4v) is 1.09. The second-order valence-corrected chi connectivity index (χ2v) is 2.56. The molecule has 0 fully saturated rings. The number of nitrogens with zero attached hydrogens (tertiary/aromatic N) is 1. The van der Waals surface area contributed by atoms with Gasteiger partial charge in [-0.3, -0.25) is 4.98 Å². The molecule has 0 unspecified atom stereocenters. The Morgan fingerprint density at radius 1 is 1.54 bits per heavy atom. The summed E-state index contributed by atoms with van der Waals surface area (Å²) in [5, 5.41) is 0.794. The van der Waals surface area contributed by atoms with Gasteiger partial charge in [0.2, 0.25) is 0 Å². The molecule has 0 aromatic carbocycles. The highest BCUT2D eigenvalue weighted by Crippen LogP contribution is 2.14. The van der Waals surface area contributed by atoms with Crippen molar-refractivity contribution in [2.45, 2.75) is 0 Å². The lowest BCUT2D eigenvalue weighted by Crippen LogP contribution is -2.00. The Kier molecular flexibility index (Phi) is 1.73. The topological polar surface area (TPSA) is 52.3 Å². The fourth-order valence-electron chi connectivity index (χ4n) is 1.09. The zero-order valence-electron chi connectivity index (χ0n) is 6.98. The fraction of sp³-hybridized carbons (Fsp3) is 0.111. The number of fused-ring (bicyclic) bond motifs is 1. The zero-order chi connectivity index (χ0) is 9.26. The first-order chi connectivity index (χ1) is 6.31. The standard InChI is InChI=1S/C9H7NO3/c1-12-9(11)6-2-7-4-13-5-8(7)10-3-6/h2-5H,1H3. The summed E-state index contributed by atoms with van der Waals surface area (Å²) >= 11 is 0. The maximum Gasteiger partial charge on any atom is 0.339 e. The molecule has 0 aliphatic rings. The van der Waals surface area contributed by atoms with E-state index in [4.69, 9.17) is 4.42 Å². The van der Waals surface area contributed by atoms with Crippen molar-refractivity contribution in [3.8, 4) is 0 Å². The van der Waals surface area contributed by atoms with E-state index in [2.05, 4.69) is 9.72 Å². The molecule has 13 heavy (non-hydrogen) atoms. The first-order valence-electron chi connectivity index (χ1n) is 3.71. The van der Waals surface area contributed by atoms with Gasteiger partial charge in [0.15, 0.2) is 0 Å². The van der Waals surface area contributed by atoms with Gasteiger partial charge in [-0.25, -0.2) is 4.79 Å². The van der Waals surface area contributed by atoms with Gasteiger partial charge in [-0.05, 0) is 6.07 Å². The molecule has 2 heterocycles. The van der Waals surface area contributed by atoms with Crippen LogP contribution in [-0.4, -0.2) is 18.1 Å². The number of pyridine rings is 1. The number of carbonyl (C=O) groups is 1. The first kappa shape index (κ1) is 7.79. The van der Waals surface area contributed by atoms with Crippen LogP contribution in [0.5, 0.6) is 0 Å². The van der Waals surface area contributed by atoms with Crippen molar-refractivity contribution in [3.05, 3.63) is 30.4 Å². The van der Waals surface area contributed by atoms with E-state index in [9.17, 15) is 4.79 Å². The Morgan fingerprint density at radius 3 is 3.15 bits per heavy atom. The molecular weight excluding hydrogens is 170 g/mol. The van der Waals surface area contributed by atoms with Gasteiger partial charge in [-0.1, -0.05) is 0 Å². The molecule has 0 radical (unpaired) electrons. The number of esters is 1. The van der Waals surface area contributed by atoms with Crippen molar-refractivity contribution in [2.75, 3.05) is 7.11 Å². The molecule has 0 bridgehead atoms. The molecule has 2 aromatic rings. The van der Waals surface area contributed by atoms with E-state index in [1.165, 1.54) is 25.8 Å². The summed E-state index contributed by atoms with van der Waals surface area (Å²) in [6.07, 6.45) is 4.52. The molecule has 0 saturated carbocycles. The number of hydrogen-bond donors (Lipinski definition) is 0. The minimum absolute atomic E-state index is 0.393. The van der Waals surface area contributed by atoms with Crippen LogP contribution < -0.4 is 0 Å². The number of ether oxygens (including phenoxy) is 1. The molecule has 4 heteroatoms. The van der Waals surface area contributed by atoms with Gasteiger partial charge in [0.05, 0.1) is 18.9 Å². The molecule has 0 aliphatic heterocycles. The Labute approximate surface area is 74.1 Å². The Balaban J connectivity index is 2.54. The SMILES string of the molecule is COC(=O)c1cnc2cocc2c1. The largest absolute Gasteiger partial charge is 0.470 e. The number of furan rings is 1. The predicted octanol–water partition coefficient (Wildman–Crippen LogP) is 1.61. The average Bonchev–Trinajstić information content (AvgIpc) is 2.63. The lowest BCUT2D eigenvalue weighted by molar-refractivity contribution is 0.0600. The van der Waals surface area contributed by atoms with Gasteiger partial charge in [0.1, 0.15) is 11.8 Å². The van der Waals surface area contributed by atoms with Crippen LogP contribution in [0.2, 0.25) is 0 Å². The third-order valence-corrected chi connectivity index (χ3v) is 1.75. The lowest BCUT2D eigenvalue weighted by atomic mass is 10.2. The van der Waals surface area contributed by atoms with E-state index in [1.54, 1.807) is 6.07 Å². The molecular formula is C9H7NO3. The van der Waals surface area contributed by atoms with E-state index in [0.717, 1.165) is 10.9 Å². The van der Waals surface area contributed by atoms with Gasteiger partial charge in [0, 0.05) is 11.6 Å². The summed E-state index contributed by atoms with van der Waals surface area (Å²) in [4.78, 5) is 15.1. The summed E-state index contributed by atoms with van der Waals surface area (Å²) in [7, 11) is 1.34. The number of aromatic nitrogens is 1. The molecule has 0 saturated heterocycles. The average molecular weight is 177 g/mol. The van der Waals surface area contributed by atoms with Gasteiger partial charge >= 0.3 is 5.97 Å². The summed E-state index contributed by atoms with van der Waals surface area (Å²) < 4.78 is 9.47. The molecule has 66 valence electrons. The first-order valence-corrected chi connectivity index (χ1v) is 3.71. The maximum absolute atomic E-state index is 11.1. The Hall–Kier alpha value is -1.84. The molecule has 2 aromatic heterocycles. The third-order valence-electron chi connectivity index (χ3n) is 1.75. The summed E-state index contributed by atoms with van der Waals surface area (Å²) in [5.41, 5.74) is 1.16. The Bertz CT molecular complexity index is 447. The van der Waals surface area contributed by atoms with Crippen LogP contribution in [0.3, 0.4) is 0 Å². The van der Waals surface area contributed by atoms with Crippen LogP contribution in [0.15, 0.2) is 29.2 Å². The predicted molar refractivity (Wildman–Crippen MR) is 45.3 cm³/mol. The highest BCUT2D eigenvalue weighted by molar-refractivity contribution is 5.93. The van der Waals surface area contributed by atoms with Gasteiger partial charge in [-0.2, -0.15) is 0 Å². The third kappa shape index (κ3) is 1.26. The lowest BCUT2D eigenvalue weighted by Gasteiger charge is -1.96. The minimum Gasteiger partial charge on any atom is -0.470 e. The van der Waals surface area contributed by atoms with E-state index < -0.39 is 5.97 Å². The maximum atomic E-state index is 11.1. The molecule has 0 amide bonds. The molecule has 0 aliphatic carbocycles.